The van der Waals surface area contributed by atoms with Crippen LogP contribution >= 0.6 is 47.8 Å². The molecule has 0 atom stereocenters. The summed E-state index contributed by atoms with van der Waals surface area (Å²) >= 11 is 10.2. The molecule has 1 heterocycles. The van der Waals surface area contributed by atoms with Crippen LogP contribution in [0.4, 0.5) is 5.69 Å². The third-order valence-electron chi connectivity index (χ3n) is 2.78. The van der Waals surface area contributed by atoms with Crippen molar-refractivity contribution in [3.63, 3.8) is 0 Å². The smallest absolute Gasteiger partial charge is 0.272 e. The highest BCUT2D eigenvalue weighted by molar-refractivity contribution is 9.11. The molecule has 0 unspecified atom stereocenters. The van der Waals surface area contributed by atoms with Crippen molar-refractivity contribution in [1.82, 2.24) is 4.57 Å². The summed E-state index contributed by atoms with van der Waals surface area (Å²) in [7, 11) is 0. The number of nitrogens with zero attached hydrogens (tertiary/aromatic N) is 1. The lowest BCUT2D eigenvalue weighted by Gasteiger charge is -2.13. The fourth-order valence-electron chi connectivity index (χ4n) is 1.83. The fourth-order valence-corrected chi connectivity index (χ4v) is 3.42. The molecular formula is C14H13Br3N2O. The van der Waals surface area contributed by atoms with Gasteiger partial charge in [0.25, 0.3) is 5.91 Å². The molecule has 0 saturated carbocycles. The molecule has 0 radical (unpaired) electrons. The zero-order chi connectivity index (χ0) is 14.9. The van der Waals surface area contributed by atoms with Crippen LogP contribution in [0.3, 0.4) is 0 Å². The second-order valence-electron chi connectivity index (χ2n) is 4.62. The van der Waals surface area contributed by atoms with E-state index in [9.17, 15) is 4.79 Å². The summed E-state index contributed by atoms with van der Waals surface area (Å²) in [4.78, 5) is 12.4. The number of hydrogen-bond donors (Lipinski definition) is 1. The molecule has 1 aromatic heterocycles. The van der Waals surface area contributed by atoms with E-state index in [0.717, 1.165) is 19.1 Å². The van der Waals surface area contributed by atoms with Gasteiger partial charge in [-0.05, 0) is 70.0 Å². The van der Waals surface area contributed by atoms with Gasteiger partial charge in [0.1, 0.15) is 5.69 Å². The quantitative estimate of drug-likeness (QED) is 0.629. The first-order chi connectivity index (χ1) is 9.38. The Bertz CT molecular complexity index is 650. The molecule has 2 aromatic rings. The Morgan fingerprint density at radius 3 is 2.45 bits per heavy atom. The third-order valence-corrected chi connectivity index (χ3v) is 4.37. The van der Waals surface area contributed by atoms with Crippen molar-refractivity contribution >= 4 is 59.4 Å². The Hall–Kier alpha value is -0.590. The van der Waals surface area contributed by atoms with Gasteiger partial charge < -0.3 is 9.88 Å². The van der Waals surface area contributed by atoms with E-state index in [2.05, 4.69) is 53.1 Å². The highest BCUT2D eigenvalue weighted by atomic mass is 79.9. The number of halogens is 3. The number of amides is 1. The van der Waals surface area contributed by atoms with E-state index >= 15 is 0 Å². The topological polar surface area (TPSA) is 34.0 Å². The average Bonchev–Trinajstić information content (AvgIpc) is 2.75. The highest BCUT2D eigenvalue weighted by Crippen LogP contribution is 2.27. The van der Waals surface area contributed by atoms with Crippen molar-refractivity contribution in [2.24, 2.45) is 0 Å². The predicted molar refractivity (Wildman–Crippen MR) is 92.3 cm³/mol. The maximum atomic E-state index is 12.4. The van der Waals surface area contributed by atoms with Gasteiger partial charge in [0.15, 0.2) is 0 Å². The lowest BCUT2D eigenvalue weighted by molar-refractivity contribution is 0.101. The van der Waals surface area contributed by atoms with Gasteiger partial charge in [0.05, 0.1) is 5.69 Å². The number of hydrogen-bond acceptors (Lipinski definition) is 1. The van der Waals surface area contributed by atoms with E-state index in [1.165, 1.54) is 0 Å². The molecule has 6 heteroatoms. The number of anilines is 1. The van der Waals surface area contributed by atoms with Gasteiger partial charge in [-0.1, -0.05) is 15.9 Å². The number of aromatic nitrogens is 1. The summed E-state index contributed by atoms with van der Waals surface area (Å²) in [5, 5.41) is 2.91. The zero-order valence-electron chi connectivity index (χ0n) is 11.0. The molecule has 2 rings (SSSR count). The van der Waals surface area contributed by atoms with Gasteiger partial charge in [-0.3, -0.25) is 4.79 Å². The third kappa shape index (κ3) is 3.54. The Labute approximate surface area is 143 Å². The predicted octanol–water partition coefficient (Wildman–Crippen LogP) is 5.61. The molecule has 0 spiro atoms. The first kappa shape index (κ1) is 15.8. The van der Waals surface area contributed by atoms with Gasteiger partial charge in [-0.2, -0.15) is 0 Å². The monoisotopic (exact) mass is 462 g/mol. The molecule has 1 aromatic carbocycles. The normalized spacial score (nSPS) is 10.9. The van der Waals surface area contributed by atoms with Crippen molar-refractivity contribution in [3.05, 3.63) is 49.6 Å². The Morgan fingerprint density at radius 2 is 1.85 bits per heavy atom. The Balaban J connectivity index is 2.28. The number of carbonyl (C=O) groups excluding carboxylic acids is 1. The second kappa shape index (κ2) is 6.45. The van der Waals surface area contributed by atoms with Crippen LogP contribution in [-0.2, 0) is 0 Å². The molecule has 3 nitrogen and oxygen atoms in total. The van der Waals surface area contributed by atoms with E-state index in [1.54, 1.807) is 0 Å². The summed E-state index contributed by atoms with van der Waals surface area (Å²) in [5.74, 6) is -0.132. The van der Waals surface area contributed by atoms with Gasteiger partial charge >= 0.3 is 0 Å². The Kier molecular flexibility index (Phi) is 5.09. The molecule has 0 fully saturated rings. The second-order valence-corrected chi connectivity index (χ2v) is 7.31. The molecular weight excluding hydrogens is 452 g/mol. The summed E-state index contributed by atoms with van der Waals surface area (Å²) in [6.45, 7) is 4.08. The number of benzene rings is 1. The van der Waals surface area contributed by atoms with E-state index in [0.29, 0.717) is 5.69 Å². The van der Waals surface area contributed by atoms with Crippen LogP contribution in [0.15, 0.2) is 43.9 Å². The van der Waals surface area contributed by atoms with Gasteiger partial charge in [0, 0.05) is 25.7 Å². The van der Waals surface area contributed by atoms with Crippen molar-refractivity contribution in [1.29, 1.82) is 0 Å². The zero-order valence-corrected chi connectivity index (χ0v) is 15.7. The van der Waals surface area contributed by atoms with Crippen molar-refractivity contribution < 1.29 is 4.79 Å². The Morgan fingerprint density at radius 1 is 1.15 bits per heavy atom. The number of carbonyl (C=O) groups is 1. The minimum absolute atomic E-state index is 0.132. The standard InChI is InChI=1S/C14H13Br3N2O/c1-8(2)19-7-10(16)6-13(19)14(20)18-12-4-3-9(15)5-11(12)17/h3-8H,1-2H3,(H,18,20). The lowest BCUT2D eigenvalue weighted by Crippen LogP contribution is -2.18. The largest absolute Gasteiger partial charge is 0.340 e. The molecule has 20 heavy (non-hydrogen) atoms. The van der Waals surface area contributed by atoms with Crippen LogP contribution in [0.2, 0.25) is 0 Å². The van der Waals surface area contributed by atoms with Crippen LogP contribution in [0.1, 0.15) is 30.4 Å². The molecule has 106 valence electrons. The van der Waals surface area contributed by atoms with Crippen molar-refractivity contribution in [3.8, 4) is 0 Å². The van der Waals surface area contributed by atoms with Crippen LogP contribution in [0, 0.1) is 0 Å². The fraction of sp³-hybridized carbons (Fsp3) is 0.214. The van der Waals surface area contributed by atoms with E-state index < -0.39 is 0 Å². The maximum Gasteiger partial charge on any atom is 0.272 e. The number of nitrogens with one attached hydrogen (secondary N) is 1. The average molecular weight is 465 g/mol. The van der Waals surface area contributed by atoms with Crippen LogP contribution in [-0.4, -0.2) is 10.5 Å². The molecule has 0 saturated heterocycles. The molecule has 1 amide bonds. The van der Waals surface area contributed by atoms with Crippen LogP contribution in [0.5, 0.6) is 0 Å². The first-order valence-electron chi connectivity index (χ1n) is 6.02. The van der Waals surface area contributed by atoms with E-state index in [4.69, 9.17) is 0 Å². The number of rotatable bonds is 3. The van der Waals surface area contributed by atoms with Gasteiger partial charge in [-0.15, -0.1) is 0 Å². The molecule has 1 N–H and O–H groups in total. The van der Waals surface area contributed by atoms with Crippen LogP contribution in [0.25, 0.3) is 0 Å². The van der Waals surface area contributed by atoms with E-state index in [-0.39, 0.29) is 11.9 Å². The van der Waals surface area contributed by atoms with E-state index in [1.807, 2.05) is 48.9 Å². The summed E-state index contributed by atoms with van der Waals surface area (Å²) < 4.78 is 4.62. The SMILES string of the molecule is CC(C)n1cc(Br)cc1C(=O)Nc1ccc(Br)cc1Br. The molecule has 0 aliphatic heterocycles. The van der Waals surface area contributed by atoms with Crippen LogP contribution < -0.4 is 5.32 Å². The summed E-state index contributed by atoms with van der Waals surface area (Å²) in [5.41, 5.74) is 1.37. The van der Waals surface area contributed by atoms with Crippen molar-refractivity contribution in [2.75, 3.05) is 5.32 Å². The molecule has 0 bridgehead atoms. The minimum Gasteiger partial charge on any atom is -0.340 e. The minimum atomic E-state index is -0.132. The summed E-state index contributed by atoms with van der Waals surface area (Å²) in [6.07, 6.45) is 1.91. The van der Waals surface area contributed by atoms with Crippen molar-refractivity contribution in [2.45, 2.75) is 19.9 Å². The lowest BCUT2D eigenvalue weighted by atomic mass is 10.3. The highest BCUT2D eigenvalue weighted by Gasteiger charge is 2.16. The van der Waals surface area contributed by atoms with Gasteiger partial charge in [-0.25, -0.2) is 0 Å². The first-order valence-corrected chi connectivity index (χ1v) is 8.40. The summed E-state index contributed by atoms with van der Waals surface area (Å²) in [6, 6.07) is 7.67. The molecule has 0 aliphatic rings. The molecule has 0 aliphatic carbocycles. The van der Waals surface area contributed by atoms with Gasteiger partial charge in [0.2, 0.25) is 0 Å². The maximum absolute atomic E-state index is 12.4.